The minimum atomic E-state index is 0.640. The average molecular weight is 215 g/mol. The van der Waals surface area contributed by atoms with Crippen LogP contribution >= 0.6 is 0 Å². The van der Waals surface area contributed by atoms with Crippen LogP contribution < -0.4 is 5.32 Å². The van der Waals surface area contributed by atoms with E-state index in [4.69, 9.17) is 0 Å². The Labute approximate surface area is 98.3 Å². The first-order valence-corrected chi connectivity index (χ1v) is 6.71. The van der Waals surface area contributed by atoms with Crippen molar-refractivity contribution in [3.05, 3.63) is 34.4 Å². The Morgan fingerprint density at radius 1 is 1.06 bits per heavy atom. The molecule has 0 aromatic heterocycles. The second-order valence-corrected chi connectivity index (χ2v) is 5.28. The van der Waals surface area contributed by atoms with E-state index in [0.717, 1.165) is 0 Å². The molecule has 1 atom stereocenters. The van der Waals surface area contributed by atoms with E-state index < -0.39 is 0 Å². The Morgan fingerprint density at radius 2 is 1.94 bits per heavy atom. The smallest absolute Gasteiger partial charge is 0.0323 e. The van der Waals surface area contributed by atoms with Gasteiger partial charge in [0.1, 0.15) is 0 Å². The summed E-state index contributed by atoms with van der Waals surface area (Å²) >= 11 is 0. The van der Waals surface area contributed by atoms with Gasteiger partial charge in [-0.05, 0) is 67.8 Å². The zero-order valence-electron chi connectivity index (χ0n) is 10.2. The molecule has 1 saturated heterocycles. The SMILES string of the molecule is Cc1ccc(C2CCCCN2)c2c1CCC2. The molecule has 86 valence electrons. The highest BCUT2D eigenvalue weighted by molar-refractivity contribution is 5.45. The predicted octanol–water partition coefficient (Wildman–Crippen LogP) is 3.30. The number of hydrogen-bond acceptors (Lipinski definition) is 1. The third-order valence-electron chi connectivity index (χ3n) is 4.24. The number of piperidine rings is 1. The lowest BCUT2D eigenvalue weighted by Gasteiger charge is -2.26. The van der Waals surface area contributed by atoms with E-state index in [1.54, 1.807) is 16.7 Å². The van der Waals surface area contributed by atoms with Crippen LogP contribution in [-0.2, 0) is 12.8 Å². The fourth-order valence-corrected chi connectivity index (χ4v) is 3.36. The van der Waals surface area contributed by atoms with Crippen molar-refractivity contribution in [3.8, 4) is 0 Å². The fraction of sp³-hybridized carbons (Fsp3) is 0.600. The minimum Gasteiger partial charge on any atom is -0.310 e. The van der Waals surface area contributed by atoms with Gasteiger partial charge >= 0.3 is 0 Å². The van der Waals surface area contributed by atoms with Gasteiger partial charge in [-0.2, -0.15) is 0 Å². The van der Waals surface area contributed by atoms with Gasteiger partial charge in [0.25, 0.3) is 0 Å². The van der Waals surface area contributed by atoms with Gasteiger partial charge in [0.15, 0.2) is 0 Å². The highest BCUT2D eigenvalue weighted by Crippen LogP contribution is 2.34. The molecule has 1 N–H and O–H groups in total. The Hall–Kier alpha value is -0.820. The van der Waals surface area contributed by atoms with Gasteiger partial charge in [-0.1, -0.05) is 18.6 Å². The van der Waals surface area contributed by atoms with E-state index in [2.05, 4.69) is 24.4 Å². The summed E-state index contributed by atoms with van der Waals surface area (Å²) in [5.74, 6) is 0. The standard InChI is InChI=1S/C15H21N/c1-11-8-9-14(13-6-4-5-12(11)13)15-7-2-3-10-16-15/h8-9,15-16H,2-7,10H2,1H3. The van der Waals surface area contributed by atoms with Crippen molar-refractivity contribution in [2.75, 3.05) is 6.54 Å². The Kier molecular flexibility index (Phi) is 2.72. The quantitative estimate of drug-likeness (QED) is 0.758. The number of benzene rings is 1. The van der Waals surface area contributed by atoms with Crippen molar-refractivity contribution in [2.24, 2.45) is 0 Å². The van der Waals surface area contributed by atoms with E-state index in [0.29, 0.717) is 6.04 Å². The number of rotatable bonds is 1. The first kappa shape index (κ1) is 10.3. The maximum atomic E-state index is 3.68. The lowest BCUT2D eigenvalue weighted by Crippen LogP contribution is -2.27. The molecule has 0 radical (unpaired) electrons. The van der Waals surface area contributed by atoms with Gasteiger partial charge in [-0.15, -0.1) is 0 Å². The summed E-state index contributed by atoms with van der Waals surface area (Å²) in [7, 11) is 0. The molecule has 1 heteroatoms. The summed E-state index contributed by atoms with van der Waals surface area (Å²) in [6.07, 6.45) is 8.05. The number of fused-ring (bicyclic) bond motifs is 1. The molecule has 1 unspecified atom stereocenters. The second-order valence-electron chi connectivity index (χ2n) is 5.28. The summed E-state index contributed by atoms with van der Waals surface area (Å²) in [6, 6.07) is 5.35. The first-order chi connectivity index (χ1) is 7.86. The largest absolute Gasteiger partial charge is 0.310 e. The molecule has 1 aliphatic heterocycles. The normalized spacial score (nSPS) is 24.4. The van der Waals surface area contributed by atoms with Crippen molar-refractivity contribution in [1.29, 1.82) is 0 Å². The molecule has 1 heterocycles. The molecule has 1 nitrogen and oxygen atoms in total. The van der Waals surface area contributed by atoms with Crippen molar-refractivity contribution >= 4 is 0 Å². The third-order valence-corrected chi connectivity index (χ3v) is 4.24. The fourth-order valence-electron chi connectivity index (χ4n) is 3.36. The summed E-state index contributed by atoms with van der Waals surface area (Å²) in [5, 5.41) is 3.68. The molecule has 1 aromatic carbocycles. The van der Waals surface area contributed by atoms with E-state index in [1.807, 2.05) is 0 Å². The average Bonchev–Trinajstić information content (AvgIpc) is 2.81. The van der Waals surface area contributed by atoms with Crippen LogP contribution in [0.1, 0.15) is 54.0 Å². The molecule has 1 aromatic rings. The molecule has 0 saturated carbocycles. The highest BCUT2D eigenvalue weighted by Gasteiger charge is 2.22. The van der Waals surface area contributed by atoms with Gasteiger partial charge in [0.2, 0.25) is 0 Å². The Balaban J connectivity index is 1.98. The number of nitrogens with one attached hydrogen (secondary N) is 1. The predicted molar refractivity (Wildman–Crippen MR) is 67.8 cm³/mol. The monoisotopic (exact) mass is 215 g/mol. The lowest BCUT2D eigenvalue weighted by atomic mass is 9.90. The summed E-state index contributed by atoms with van der Waals surface area (Å²) in [5.41, 5.74) is 6.45. The third kappa shape index (κ3) is 1.67. The first-order valence-electron chi connectivity index (χ1n) is 6.71. The molecule has 0 amide bonds. The van der Waals surface area contributed by atoms with Crippen LogP contribution in [-0.4, -0.2) is 6.54 Å². The summed E-state index contributed by atoms with van der Waals surface area (Å²) in [6.45, 7) is 3.47. The second kappa shape index (κ2) is 4.21. The van der Waals surface area contributed by atoms with Gasteiger partial charge in [0, 0.05) is 6.04 Å². The van der Waals surface area contributed by atoms with Crippen LogP contribution in [0.15, 0.2) is 12.1 Å². The molecule has 3 rings (SSSR count). The van der Waals surface area contributed by atoms with Gasteiger partial charge < -0.3 is 5.32 Å². The molecule has 2 aliphatic rings. The Morgan fingerprint density at radius 3 is 2.75 bits per heavy atom. The zero-order chi connectivity index (χ0) is 11.0. The molecule has 0 bridgehead atoms. The zero-order valence-corrected chi connectivity index (χ0v) is 10.2. The molecule has 1 aliphatic carbocycles. The van der Waals surface area contributed by atoms with E-state index in [1.165, 1.54) is 50.6 Å². The minimum absolute atomic E-state index is 0.640. The molecule has 1 fully saturated rings. The molecular weight excluding hydrogens is 194 g/mol. The van der Waals surface area contributed by atoms with Gasteiger partial charge in [-0.3, -0.25) is 0 Å². The maximum Gasteiger partial charge on any atom is 0.0323 e. The topological polar surface area (TPSA) is 12.0 Å². The number of hydrogen-bond donors (Lipinski definition) is 1. The van der Waals surface area contributed by atoms with Crippen LogP contribution in [0.3, 0.4) is 0 Å². The van der Waals surface area contributed by atoms with Crippen LogP contribution in [0.5, 0.6) is 0 Å². The van der Waals surface area contributed by atoms with Crippen molar-refractivity contribution in [1.82, 2.24) is 5.32 Å². The molecule has 0 spiro atoms. The maximum absolute atomic E-state index is 3.68. The lowest BCUT2D eigenvalue weighted by molar-refractivity contribution is 0.410. The van der Waals surface area contributed by atoms with Gasteiger partial charge in [-0.25, -0.2) is 0 Å². The van der Waals surface area contributed by atoms with Crippen molar-refractivity contribution in [3.63, 3.8) is 0 Å². The van der Waals surface area contributed by atoms with E-state index in [9.17, 15) is 0 Å². The van der Waals surface area contributed by atoms with Gasteiger partial charge in [0.05, 0.1) is 0 Å². The van der Waals surface area contributed by atoms with Crippen LogP contribution in [0.25, 0.3) is 0 Å². The van der Waals surface area contributed by atoms with E-state index in [-0.39, 0.29) is 0 Å². The van der Waals surface area contributed by atoms with E-state index >= 15 is 0 Å². The molecular formula is C15H21N. The van der Waals surface area contributed by atoms with Crippen LogP contribution in [0, 0.1) is 6.92 Å². The summed E-state index contributed by atoms with van der Waals surface area (Å²) < 4.78 is 0. The highest BCUT2D eigenvalue weighted by atomic mass is 14.9. The van der Waals surface area contributed by atoms with Crippen LogP contribution in [0.2, 0.25) is 0 Å². The summed E-state index contributed by atoms with van der Waals surface area (Å²) in [4.78, 5) is 0. The van der Waals surface area contributed by atoms with Crippen molar-refractivity contribution < 1.29 is 0 Å². The molecule has 16 heavy (non-hydrogen) atoms. The Bertz CT molecular complexity index is 389. The number of aryl methyl sites for hydroxylation is 1. The van der Waals surface area contributed by atoms with Crippen LogP contribution in [0.4, 0.5) is 0 Å². The van der Waals surface area contributed by atoms with Crippen molar-refractivity contribution in [2.45, 2.75) is 51.5 Å².